The fourth-order valence-corrected chi connectivity index (χ4v) is 5.82. The number of hydrogen-bond donors (Lipinski definition) is 1. The average Bonchev–Trinajstić information content (AvgIpc) is 3.61. The summed E-state index contributed by atoms with van der Waals surface area (Å²) in [6.45, 7) is 2.66. The summed E-state index contributed by atoms with van der Waals surface area (Å²) < 4.78 is 15.8. The molecule has 4 heterocycles. The first-order chi connectivity index (χ1) is 17.5. The molecule has 7 nitrogen and oxygen atoms in total. The van der Waals surface area contributed by atoms with Gasteiger partial charge in [0.2, 0.25) is 0 Å². The van der Waals surface area contributed by atoms with E-state index in [1.165, 1.54) is 23.5 Å². The van der Waals surface area contributed by atoms with Crippen LogP contribution in [0.2, 0.25) is 0 Å². The highest BCUT2D eigenvalue weighted by molar-refractivity contribution is 7.11. The molecule has 0 radical (unpaired) electrons. The van der Waals surface area contributed by atoms with Gasteiger partial charge in [-0.25, -0.2) is 9.37 Å². The third-order valence-corrected chi connectivity index (χ3v) is 7.86. The molecule has 2 fully saturated rings. The number of nitrogens with zero attached hydrogens (tertiary/aromatic N) is 4. The average molecular weight is 504 g/mol. The van der Waals surface area contributed by atoms with Crippen LogP contribution in [0.1, 0.15) is 26.6 Å². The number of carbonyl (C=O) groups is 2. The number of aromatic nitrogens is 2. The molecule has 0 aliphatic carbocycles. The molecule has 1 N–H and O–H groups in total. The highest BCUT2D eigenvalue weighted by atomic mass is 32.1. The number of fused-ring (bicyclic) bond motifs is 1. The molecule has 0 spiro atoms. The van der Waals surface area contributed by atoms with Gasteiger partial charge in [0.05, 0.1) is 0 Å². The van der Waals surface area contributed by atoms with Crippen LogP contribution in [0, 0.1) is 5.82 Å². The maximum absolute atomic E-state index is 13.8. The first-order valence-electron chi connectivity index (χ1n) is 12.1. The SMILES string of the molecule is Cn1cc(-c2cccc(F)c2)c2cc(C(=O)N3CC(N[C@H]4CCN(C(=O)c5nccs5)C4)C3)ccc21. The minimum atomic E-state index is -0.284. The Labute approximate surface area is 212 Å². The molecule has 6 rings (SSSR count). The van der Waals surface area contributed by atoms with Gasteiger partial charge in [-0.05, 0) is 42.3 Å². The Morgan fingerprint density at radius 3 is 2.67 bits per heavy atom. The van der Waals surface area contributed by atoms with E-state index in [0.29, 0.717) is 30.2 Å². The van der Waals surface area contributed by atoms with Crippen molar-refractivity contribution in [2.45, 2.75) is 18.5 Å². The quantitative estimate of drug-likeness (QED) is 0.450. The minimum Gasteiger partial charge on any atom is -0.350 e. The summed E-state index contributed by atoms with van der Waals surface area (Å²) in [6, 6.07) is 12.7. The number of amides is 2. The van der Waals surface area contributed by atoms with E-state index in [4.69, 9.17) is 0 Å². The number of rotatable bonds is 5. The maximum atomic E-state index is 13.8. The van der Waals surface area contributed by atoms with Gasteiger partial charge in [-0.1, -0.05) is 12.1 Å². The normalized spacial score (nSPS) is 18.1. The molecule has 2 saturated heterocycles. The third kappa shape index (κ3) is 4.18. The van der Waals surface area contributed by atoms with Gasteiger partial charge < -0.3 is 19.7 Å². The van der Waals surface area contributed by atoms with Crippen molar-refractivity contribution in [3.05, 3.63) is 76.6 Å². The lowest BCUT2D eigenvalue weighted by Crippen LogP contribution is -2.62. The van der Waals surface area contributed by atoms with Crippen LogP contribution < -0.4 is 5.32 Å². The van der Waals surface area contributed by atoms with Crippen molar-refractivity contribution in [3.8, 4) is 11.1 Å². The molecule has 184 valence electrons. The first-order valence-corrected chi connectivity index (χ1v) is 12.9. The Kier molecular flexibility index (Phi) is 5.81. The molecule has 2 aliphatic rings. The monoisotopic (exact) mass is 503 g/mol. The zero-order valence-corrected chi connectivity index (χ0v) is 20.7. The molecule has 0 bridgehead atoms. The Balaban J connectivity index is 1.10. The molecule has 0 saturated carbocycles. The number of benzene rings is 2. The topological polar surface area (TPSA) is 70.5 Å². The second-order valence-corrected chi connectivity index (χ2v) is 10.4. The zero-order valence-electron chi connectivity index (χ0n) is 19.9. The summed E-state index contributed by atoms with van der Waals surface area (Å²) in [5, 5.41) is 6.89. The van der Waals surface area contributed by atoms with Crippen molar-refractivity contribution in [1.29, 1.82) is 0 Å². The molecular weight excluding hydrogens is 477 g/mol. The van der Waals surface area contributed by atoms with Crippen LogP contribution >= 0.6 is 11.3 Å². The van der Waals surface area contributed by atoms with E-state index in [2.05, 4.69) is 10.3 Å². The fourth-order valence-electron chi connectivity index (χ4n) is 5.22. The summed E-state index contributed by atoms with van der Waals surface area (Å²) in [7, 11) is 1.95. The van der Waals surface area contributed by atoms with Crippen LogP contribution in [0.4, 0.5) is 4.39 Å². The number of carbonyl (C=O) groups excluding carboxylic acids is 2. The molecule has 1 atom stereocenters. The lowest BCUT2D eigenvalue weighted by atomic mass is 10.0. The van der Waals surface area contributed by atoms with Crippen molar-refractivity contribution >= 4 is 34.1 Å². The van der Waals surface area contributed by atoms with Crippen LogP contribution in [0.3, 0.4) is 0 Å². The smallest absolute Gasteiger partial charge is 0.282 e. The summed E-state index contributed by atoms with van der Waals surface area (Å²) in [4.78, 5) is 33.5. The number of aryl methyl sites for hydroxylation is 1. The van der Waals surface area contributed by atoms with E-state index in [1.54, 1.807) is 12.3 Å². The van der Waals surface area contributed by atoms with Crippen LogP contribution in [0.25, 0.3) is 22.0 Å². The van der Waals surface area contributed by atoms with Crippen LogP contribution in [0.15, 0.2) is 60.2 Å². The highest BCUT2D eigenvalue weighted by Gasteiger charge is 2.35. The largest absolute Gasteiger partial charge is 0.350 e. The Hall–Kier alpha value is -3.56. The second-order valence-electron chi connectivity index (χ2n) is 9.54. The van der Waals surface area contributed by atoms with E-state index < -0.39 is 0 Å². The van der Waals surface area contributed by atoms with E-state index in [-0.39, 0.29) is 29.7 Å². The number of thiazole rings is 1. The standard InChI is InChI=1S/C27H26FN5O2S/c1-31-16-23(17-3-2-4-19(28)11-17)22-12-18(5-6-24(22)31)26(34)33-14-21(15-33)30-20-7-9-32(13-20)27(35)25-29-8-10-36-25/h2-6,8,10-12,16,20-21,30H,7,9,13-15H2,1H3/t20-/m0/s1. The van der Waals surface area contributed by atoms with Gasteiger partial charge in [0.1, 0.15) is 5.82 Å². The van der Waals surface area contributed by atoms with Gasteiger partial charge in [0, 0.05) is 85.1 Å². The van der Waals surface area contributed by atoms with Crippen molar-refractivity contribution < 1.29 is 14.0 Å². The van der Waals surface area contributed by atoms with E-state index >= 15 is 0 Å². The molecule has 2 amide bonds. The van der Waals surface area contributed by atoms with E-state index in [0.717, 1.165) is 35.0 Å². The summed E-state index contributed by atoms with van der Waals surface area (Å²) in [5.41, 5.74) is 3.32. The van der Waals surface area contributed by atoms with Crippen LogP contribution in [-0.2, 0) is 7.05 Å². The number of likely N-dealkylation sites (tertiary alicyclic amines) is 2. The van der Waals surface area contributed by atoms with Gasteiger partial charge in [-0.2, -0.15) is 0 Å². The first kappa shape index (κ1) is 22.9. The van der Waals surface area contributed by atoms with Gasteiger partial charge >= 0.3 is 0 Å². The Morgan fingerprint density at radius 2 is 1.89 bits per heavy atom. The van der Waals surface area contributed by atoms with Crippen molar-refractivity contribution in [2.24, 2.45) is 7.05 Å². The highest BCUT2D eigenvalue weighted by Crippen LogP contribution is 2.32. The van der Waals surface area contributed by atoms with Crippen molar-refractivity contribution in [1.82, 2.24) is 24.7 Å². The van der Waals surface area contributed by atoms with Gasteiger partial charge in [-0.3, -0.25) is 9.59 Å². The van der Waals surface area contributed by atoms with Crippen LogP contribution in [-0.4, -0.2) is 69.4 Å². The summed E-state index contributed by atoms with van der Waals surface area (Å²) in [5.74, 6) is -0.293. The van der Waals surface area contributed by atoms with Gasteiger partial charge in [-0.15, -0.1) is 11.3 Å². The predicted molar refractivity (Wildman–Crippen MR) is 138 cm³/mol. The van der Waals surface area contributed by atoms with E-state index in [9.17, 15) is 14.0 Å². The molecule has 2 aromatic carbocycles. The second kappa shape index (κ2) is 9.15. The lowest BCUT2D eigenvalue weighted by Gasteiger charge is -2.41. The zero-order chi connectivity index (χ0) is 24.8. The molecule has 2 aromatic heterocycles. The maximum Gasteiger partial charge on any atom is 0.282 e. The fraction of sp³-hybridized carbons (Fsp3) is 0.296. The Morgan fingerprint density at radius 1 is 1.06 bits per heavy atom. The van der Waals surface area contributed by atoms with Gasteiger partial charge in [0.25, 0.3) is 11.8 Å². The molecule has 36 heavy (non-hydrogen) atoms. The lowest BCUT2D eigenvalue weighted by molar-refractivity contribution is 0.0553. The van der Waals surface area contributed by atoms with Crippen molar-refractivity contribution in [2.75, 3.05) is 26.2 Å². The minimum absolute atomic E-state index is 0.00371. The Bertz CT molecular complexity index is 1440. The molecular formula is C27H26FN5O2S. The summed E-state index contributed by atoms with van der Waals surface area (Å²) >= 11 is 1.37. The molecule has 9 heteroatoms. The molecule has 0 unspecified atom stereocenters. The van der Waals surface area contributed by atoms with Gasteiger partial charge in [0.15, 0.2) is 5.01 Å². The van der Waals surface area contributed by atoms with E-state index in [1.807, 2.05) is 57.3 Å². The number of halogens is 1. The van der Waals surface area contributed by atoms with Crippen molar-refractivity contribution in [3.63, 3.8) is 0 Å². The molecule has 2 aliphatic heterocycles. The molecule has 4 aromatic rings. The third-order valence-electron chi connectivity index (χ3n) is 7.10. The predicted octanol–water partition coefficient (Wildman–Crippen LogP) is 3.77. The van der Waals surface area contributed by atoms with Crippen LogP contribution in [0.5, 0.6) is 0 Å². The summed E-state index contributed by atoms with van der Waals surface area (Å²) in [6.07, 6.45) is 4.53. The number of nitrogens with one attached hydrogen (secondary N) is 1. The number of hydrogen-bond acceptors (Lipinski definition) is 5.